The standard InChI is InChI=1S/C19H23FN4O2S/c1-2-11-24-17(12-26-16-10-6-5-9-15(16)20)22-23-19(24)27-13-18(25)21-14-7-3-4-8-14/h2,5-6,9-10,14H,1,3-4,7-8,11-13H2,(H,21,25). The van der Waals surface area contributed by atoms with Crippen LogP contribution in [-0.2, 0) is 17.9 Å². The molecule has 2 aromatic rings. The predicted molar refractivity (Wildman–Crippen MR) is 102 cm³/mol. The molecule has 6 nitrogen and oxygen atoms in total. The number of nitrogens with zero attached hydrogens (tertiary/aromatic N) is 3. The molecule has 1 fully saturated rings. The maximum absolute atomic E-state index is 13.7. The highest BCUT2D eigenvalue weighted by atomic mass is 32.2. The smallest absolute Gasteiger partial charge is 0.230 e. The summed E-state index contributed by atoms with van der Waals surface area (Å²) in [6, 6.07) is 6.51. The Balaban J connectivity index is 1.59. The van der Waals surface area contributed by atoms with Crippen LogP contribution in [0.15, 0.2) is 42.1 Å². The van der Waals surface area contributed by atoms with Crippen LogP contribution in [-0.4, -0.2) is 32.5 Å². The van der Waals surface area contributed by atoms with Crippen molar-refractivity contribution in [1.29, 1.82) is 0 Å². The summed E-state index contributed by atoms with van der Waals surface area (Å²) in [4.78, 5) is 12.1. The van der Waals surface area contributed by atoms with Gasteiger partial charge in [0.05, 0.1) is 5.75 Å². The van der Waals surface area contributed by atoms with Crippen LogP contribution >= 0.6 is 11.8 Å². The normalized spacial score (nSPS) is 14.3. The quantitative estimate of drug-likeness (QED) is 0.525. The molecule has 0 bridgehead atoms. The lowest BCUT2D eigenvalue weighted by Gasteiger charge is -2.12. The van der Waals surface area contributed by atoms with E-state index >= 15 is 0 Å². The number of halogens is 1. The number of hydrogen-bond donors (Lipinski definition) is 1. The van der Waals surface area contributed by atoms with E-state index in [9.17, 15) is 9.18 Å². The molecule has 0 radical (unpaired) electrons. The van der Waals surface area contributed by atoms with Crippen molar-refractivity contribution in [1.82, 2.24) is 20.1 Å². The average Bonchev–Trinajstić information content (AvgIpc) is 3.30. The number of nitrogens with one attached hydrogen (secondary N) is 1. The van der Waals surface area contributed by atoms with Crippen LogP contribution in [0.2, 0.25) is 0 Å². The van der Waals surface area contributed by atoms with Gasteiger partial charge in [0.25, 0.3) is 0 Å². The summed E-state index contributed by atoms with van der Waals surface area (Å²) < 4.78 is 21.0. The van der Waals surface area contributed by atoms with Gasteiger partial charge in [-0.25, -0.2) is 4.39 Å². The highest BCUT2D eigenvalue weighted by Crippen LogP contribution is 2.21. The van der Waals surface area contributed by atoms with Crippen molar-refractivity contribution >= 4 is 17.7 Å². The minimum absolute atomic E-state index is 0.00390. The Hall–Kier alpha value is -2.35. The molecular weight excluding hydrogens is 367 g/mol. The van der Waals surface area contributed by atoms with E-state index in [-0.39, 0.29) is 24.0 Å². The van der Waals surface area contributed by atoms with E-state index in [1.807, 2.05) is 4.57 Å². The van der Waals surface area contributed by atoms with Crippen LogP contribution in [0.3, 0.4) is 0 Å². The van der Waals surface area contributed by atoms with E-state index < -0.39 is 5.82 Å². The number of allylic oxidation sites excluding steroid dienone is 1. The van der Waals surface area contributed by atoms with Gasteiger partial charge in [-0.05, 0) is 25.0 Å². The van der Waals surface area contributed by atoms with Crippen LogP contribution in [0.4, 0.5) is 4.39 Å². The van der Waals surface area contributed by atoms with Gasteiger partial charge in [0.15, 0.2) is 22.5 Å². The van der Waals surface area contributed by atoms with Gasteiger partial charge in [0.1, 0.15) is 6.61 Å². The van der Waals surface area contributed by atoms with Gasteiger partial charge in [0, 0.05) is 12.6 Å². The fraction of sp³-hybridized carbons (Fsp3) is 0.421. The summed E-state index contributed by atoms with van der Waals surface area (Å²) in [6.07, 6.45) is 6.19. The Morgan fingerprint density at radius 2 is 2.15 bits per heavy atom. The van der Waals surface area contributed by atoms with Crippen molar-refractivity contribution in [2.24, 2.45) is 0 Å². The number of amides is 1. The van der Waals surface area contributed by atoms with E-state index in [1.165, 1.54) is 30.7 Å². The summed E-state index contributed by atoms with van der Waals surface area (Å²) in [5.41, 5.74) is 0. The van der Waals surface area contributed by atoms with Crippen molar-refractivity contribution in [3.05, 3.63) is 48.6 Å². The molecule has 0 atom stereocenters. The molecule has 1 aliphatic rings. The summed E-state index contributed by atoms with van der Waals surface area (Å²) in [5.74, 6) is 0.572. The first-order valence-electron chi connectivity index (χ1n) is 9.00. The molecule has 144 valence electrons. The molecule has 1 heterocycles. The van der Waals surface area contributed by atoms with Crippen molar-refractivity contribution < 1.29 is 13.9 Å². The number of ether oxygens (including phenoxy) is 1. The summed E-state index contributed by atoms with van der Waals surface area (Å²) >= 11 is 1.32. The first-order chi connectivity index (χ1) is 13.2. The van der Waals surface area contributed by atoms with E-state index in [2.05, 4.69) is 22.1 Å². The molecule has 8 heteroatoms. The molecule has 1 amide bonds. The van der Waals surface area contributed by atoms with Crippen molar-refractivity contribution in [3.63, 3.8) is 0 Å². The molecule has 0 unspecified atom stereocenters. The second-order valence-electron chi connectivity index (χ2n) is 6.35. The Kier molecular flexibility index (Phi) is 6.86. The molecule has 0 aliphatic heterocycles. The number of benzene rings is 1. The Morgan fingerprint density at radius 3 is 2.89 bits per heavy atom. The monoisotopic (exact) mass is 390 g/mol. The number of thioether (sulfide) groups is 1. The molecular formula is C19H23FN4O2S. The van der Waals surface area contributed by atoms with Crippen LogP contribution < -0.4 is 10.1 Å². The third-order valence-corrected chi connectivity index (χ3v) is 5.32. The Morgan fingerprint density at radius 1 is 1.37 bits per heavy atom. The zero-order chi connectivity index (χ0) is 19.1. The SMILES string of the molecule is C=CCn1c(COc2ccccc2F)nnc1SCC(=O)NC1CCCC1. The van der Waals surface area contributed by atoms with Crippen LogP contribution in [0.5, 0.6) is 5.75 Å². The lowest BCUT2D eigenvalue weighted by atomic mass is 10.2. The summed E-state index contributed by atoms with van der Waals surface area (Å²) in [7, 11) is 0. The van der Waals surface area contributed by atoms with Crippen molar-refractivity contribution in [2.45, 2.75) is 50.0 Å². The summed E-state index contributed by atoms with van der Waals surface area (Å²) in [6.45, 7) is 4.31. The third-order valence-electron chi connectivity index (χ3n) is 4.35. The highest BCUT2D eigenvalue weighted by Gasteiger charge is 2.19. The number of aromatic nitrogens is 3. The molecule has 1 saturated carbocycles. The minimum Gasteiger partial charge on any atom is -0.483 e. The number of para-hydroxylation sites is 1. The average molecular weight is 390 g/mol. The Labute approximate surface area is 162 Å². The van der Waals surface area contributed by atoms with Crippen LogP contribution in [0, 0.1) is 5.82 Å². The molecule has 1 aromatic carbocycles. The van der Waals surface area contributed by atoms with Crippen LogP contribution in [0.25, 0.3) is 0 Å². The van der Waals surface area contributed by atoms with Gasteiger partial charge in [-0.3, -0.25) is 9.36 Å². The molecule has 1 N–H and O–H groups in total. The zero-order valence-corrected chi connectivity index (χ0v) is 15.9. The number of rotatable bonds is 9. The minimum atomic E-state index is -0.425. The largest absolute Gasteiger partial charge is 0.483 e. The molecule has 3 rings (SSSR count). The van der Waals surface area contributed by atoms with E-state index in [4.69, 9.17) is 4.74 Å². The molecule has 0 saturated heterocycles. The maximum atomic E-state index is 13.7. The van der Waals surface area contributed by atoms with E-state index in [0.717, 1.165) is 12.8 Å². The fourth-order valence-electron chi connectivity index (χ4n) is 3.02. The first-order valence-corrected chi connectivity index (χ1v) is 9.98. The van der Waals surface area contributed by atoms with Gasteiger partial charge < -0.3 is 10.1 Å². The van der Waals surface area contributed by atoms with Crippen molar-refractivity contribution in [2.75, 3.05) is 5.75 Å². The second kappa shape index (κ2) is 9.55. The fourth-order valence-corrected chi connectivity index (χ4v) is 3.80. The number of carbonyl (C=O) groups excluding carboxylic acids is 1. The summed E-state index contributed by atoms with van der Waals surface area (Å²) in [5, 5.41) is 11.9. The van der Waals surface area contributed by atoms with Gasteiger partial charge in [0.2, 0.25) is 5.91 Å². The van der Waals surface area contributed by atoms with E-state index in [1.54, 1.807) is 24.3 Å². The Bertz CT molecular complexity index is 790. The third kappa shape index (κ3) is 5.32. The number of hydrogen-bond acceptors (Lipinski definition) is 5. The lowest BCUT2D eigenvalue weighted by molar-refractivity contribution is -0.119. The highest BCUT2D eigenvalue weighted by molar-refractivity contribution is 7.99. The van der Waals surface area contributed by atoms with Gasteiger partial charge in [-0.15, -0.1) is 16.8 Å². The van der Waals surface area contributed by atoms with Crippen molar-refractivity contribution in [3.8, 4) is 5.75 Å². The molecule has 0 spiro atoms. The molecule has 27 heavy (non-hydrogen) atoms. The molecule has 1 aliphatic carbocycles. The topological polar surface area (TPSA) is 69.0 Å². The number of carbonyl (C=O) groups is 1. The zero-order valence-electron chi connectivity index (χ0n) is 15.1. The van der Waals surface area contributed by atoms with Gasteiger partial charge in [-0.1, -0.05) is 42.8 Å². The predicted octanol–water partition coefficient (Wildman–Crippen LogP) is 3.33. The first kappa shape index (κ1) is 19.4. The molecule has 1 aromatic heterocycles. The lowest BCUT2D eigenvalue weighted by Crippen LogP contribution is -2.33. The maximum Gasteiger partial charge on any atom is 0.230 e. The van der Waals surface area contributed by atoms with Gasteiger partial charge in [-0.2, -0.15) is 0 Å². The van der Waals surface area contributed by atoms with Crippen LogP contribution in [0.1, 0.15) is 31.5 Å². The van der Waals surface area contributed by atoms with Gasteiger partial charge >= 0.3 is 0 Å². The second-order valence-corrected chi connectivity index (χ2v) is 7.30. The van der Waals surface area contributed by atoms with E-state index in [0.29, 0.717) is 23.6 Å².